The first kappa shape index (κ1) is 14.9. The van der Waals surface area contributed by atoms with Gasteiger partial charge in [-0.15, -0.1) is 0 Å². The molecule has 102 valence electrons. The molecule has 0 spiro atoms. The summed E-state index contributed by atoms with van der Waals surface area (Å²) >= 11 is 3.48. The molecule has 0 saturated carbocycles. The minimum absolute atomic E-state index is 0.00606. The molecule has 0 unspecified atom stereocenters. The minimum atomic E-state index is -1.14. The lowest BCUT2D eigenvalue weighted by Crippen LogP contribution is -2.03. The van der Waals surface area contributed by atoms with E-state index in [1.807, 2.05) is 24.3 Å². The van der Waals surface area contributed by atoms with Crippen molar-refractivity contribution in [1.29, 1.82) is 0 Å². The molecule has 0 fully saturated rings. The largest absolute Gasteiger partial charge is 0.478 e. The molecule has 0 bridgehead atoms. The fraction of sp³-hybridized carbons (Fsp3) is 0. The third-order valence-corrected chi connectivity index (χ3v) is 4.30. The van der Waals surface area contributed by atoms with E-state index in [0.29, 0.717) is 4.90 Å². The number of halogens is 1. The Morgan fingerprint density at radius 3 is 2.15 bits per heavy atom. The summed E-state index contributed by atoms with van der Waals surface area (Å²) in [6.07, 6.45) is 0. The van der Waals surface area contributed by atoms with Gasteiger partial charge in [-0.1, -0.05) is 11.8 Å². The second-order valence-corrected chi connectivity index (χ2v) is 6.24. The van der Waals surface area contributed by atoms with Gasteiger partial charge in [-0.05, 0) is 65.1 Å². The van der Waals surface area contributed by atoms with Crippen molar-refractivity contribution in [1.82, 2.24) is 0 Å². The van der Waals surface area contributed by atoms with Gasteiger partial charge in [0.2, 0.25) is 0 Å². The number of hydrogen-bond acceptors (Lipinski definition) is 3. The SMILES string of the molecule is O=C(O)c1ccc(Sc2ccc(I)cc2)c(C(=O)O)c1. The monoisotopic (exact) mass is 400 g/mol. The zero-order valence-electron chi connectivity index (χ0n) is 10.0. The molecule has 0 heterocycles. The van der Waals surface area contributed by atoms with Gasteiger partial charge >= 0.3 is 11.9 Å². The summed E-state index contributed by atoms with van der Waals surface area (Å²) in [5.74, 6) is -2.28. The van der Waals surface area contributed by atoms with Crippen LogP contribution >= 0.6 is 34.4 Å². The maximum Gasteiger partial charge on any atom is 0.336 e. The predicted octanol–water partition coefficient (Wildman–Crippen LogP) is 3.84. The molecule has 20 heavy (non-hydrogen) atoms. The fourth-order valence-electron chi connectivity index (χ4n) is 1.55. The summed E-state index contributed by atoms with van der Waals surface area (Å²) in [5.41, 5.74) is -0.0391. The van der Waals surface area contributed by atoms with Crippen molar-refractivity contribution >= 4 is 46.3 Å². The first-order valence-corrected chi connectivity index (χ1v) is 7.41. The number of rotatable bonds is 4. The van der Waals surface area contributed by atoms with Gasteiger partial charge in [-0.25, -0.2) is 9.59 Å². The summed E-state index contributed by atoms with van der Waals surface area (Å²) in [4.78, 5) is 23.5. The Hall–Kier alpha value is -1.54. The molecule has 6 heteroatoms. The van der Waals surface area contributed by atoms with Crippen LogP contribution in [0.5, 0.6) is 0 Å². The Morgan fingerprint density at radius 1 is 0.950 bits per heavy atom. The lowest BCUT2D eigenvalue weighted by atomic mass is 10.1. The molecule has 0 saturated heterocycles. The van der Waals surface area contributed by atoms with Crippen molar-refractivity contribution in [2.45, 2.75) is 9.79 Å². The predicted molar refractivity (Wildman–Crippen MR) is 83.6 cm³/mol. The molecule has 2 N–H and O–H groups in total. The quantitative estimate of drug-likeness (QED) is 0.763. The smallest absolute Gasteiger partial charge is 0.336 e. The lowest BCUT2D eigenvalue weighted by Gasteiger charge is -2.07. The summed E-state index contributed by atoms with van der Waals surface area (Å²) in [5, 5.41) is 18.1. The molecule has 0 amide bonds. The Labute approximate surface area is 133 Å². The van der Waals surface area contributed by atoms with E-state index >= 15 is 0 Å². The molecule has 0 aromatic heterocycles. The van der Waals surface area contributed by atoms with Gasteiger partial charge in [0.15, 0.2) is 0 Å². The van der Waals surface area contributed by atoms with Crippen molar-refractivity contribution in [3.05, 3.63) is 57.2 Å². The second-order valence-electron chi connectivity index (χ2n) is 3.88. The summed E-state index contributed by atoms with van der Waals surface area (Å²) in [6, 6.07) is 11.7. The van der Waals surface area contributed by atoms with Crippen LogP contribution in [-0.2, 0) is 0 Å². The number of carboxylic acids is 2. The first-order valence-electron chi connectivity index (χ1n) is 5.51. The molecule has 0 aliphatic carbocycles. The third kappa shape index (κ3) is 3.51. The van der Waals surface area contributed by atoms with E-state index in [-0.39, 0.29) is 11.1 Å². The van der Waals surface area contributed by atoms with Crippen LogP contribution in [-0.4, -0.2) is 22.2 Å². The molecular weight excluding hydrogens is 391 g/mol. The molecular formula is C14H9IO4S. The number of aromatic carboxylic acids is 2. The Balaban J connectivity index is 2.38. The Bertz CT molecular complexity index is 667. The van der Waals surface area contributed by atoms with Gasteiger partial charge < -0.3 is 10.2 Å². The summed E-state index contributed by atoms with van der Waals surface area (Å²) in [6.45, 7) is 0. The van der Waals surface area contributed by atoms with Crippen molar-refractivity contribution < 1.29 is 19.8 Å². The van der Waals surface area contributed by atoms with Crippen LogP contribution in [0.15, 0.2) is 52.3 Å². The van der Waals surface area contributed by atoms with E-state index in [9.17, 15) is 14.7 Å². The van der Waals surface area contributed by atoms with E-state index in [1.54, 1.807) is 0 Å². The van der Waals surface area contributed by atoms with Crippen LogP contribution in [0.1, 0.15) is 20.7 Å². The van der Waals surface area contributed by atoms with E-state index in [0.717, 1.165) is 8.47 Å². The minimum Gasteiger partial charge on any atom is -0.478 e. The summed E-state index contributed by atoms with van der Waals surface area (Å²) < 4.78 is 1.09. The Kier molecular flexibility index (Phi) is 4.66. The van der Waals surface area contributed by atoms with Gasteiger partial charge in [-0.2, -0.15) is 0 Å². The molecule has 0 atom stereocenters. The highest BCUT2D eigenvalue weighted by molar-refractivity contribution is 14.1. The van der Waals surface area contributed by atoms with Crippen LogP contribution in [0.2, 0.25) is 0 Å². The number of carboxylic acid groups (broad SMARTS) is 2. The normalized spacial score (nSPS) is 10.2. The molecule has 2 aromatic rings. The topological polar surface area (TPSA) is 74.6 Å². The van der Waals surface area contributed by atoms with Crippen LogP contribution in [0.3, 0.4) is 0 Å². The standard InChI is InChI=1S/C14H9IO4S/c15-9-2-4-10(5-3-9)20-12-6-1-8(13(16)17)7-11(12)14(18)19/h1-7H,(H,16,17)(H,18,19). The zero-order chi connectivity index (χ0) is 14.7. The van der Waals surface area contributed by atoms with Crippen molar-refractivity contribution in [3.8, 4) is 0 Å². The average molecular weight is 400 g/mol. The van der Waals surface area contributed by atoms with Gasteiger partial charge in [-0.3, -0.25) is 0 Å². The third-order valence-electron chi connectivity index (χ3n) is 2.50. The molecule has 0 radical (unpaired) electrons. The number of benzene rings is 2. The lowest BCUT2D eigenvalue weighted by molar-refractivity contribution is 0.0693. The van der Waals surface area contributed by atoms with E-state index < -0.39 is 11.9 Å². The number of hydrogen-bond donors (Lipinski definition) is 2. The van der Waals surface area contributed by atoms with E-state index in [1.165, 1.54) is 30.0 Å². The van der Waals surface area contributed by atoms with Crippen LogP contribution in [0.25, 0.3) is 0 Å². The average Bonchev–Trinajstić information content (AvgIpc) is 2.41. The molecule has 4 nitrogen and oxygen atoms in total. The summed E-state index contributed by atoms with van der Waals surface area (Å²) in [7, 11) is 0. The van der Waals surface area contributed by atoms with Crippen LogP contribution < -0.4 is 0 Å². The maximum atomic E-state index is 11.2. The van der Waals surface area contributed by atoms with E-state index in [2.05, 4.69) is 22.6 Å². The van der Waals surface area contributed by atoms with Crippen molar-refractivity contribution in [2.24, 2.45) is 0 Å². The fourth-order valence-corrected chi connectivity index (χ4v) is 2.83. The zero-order valence-corrected chi connectivity index (χ0v) is 13.0. The number of carbonyl (C=O) groups is 2. The highest BCUT2D eigenvalue weighted by atomic mass is 127. The van der Waals surface area contributed by atoms with Gasteiger partial charge in [0.25, 0.3) is 0 Å². The van der Waals surface area contributed by atoms with Gasteiger partial charge in [0.05, 0.1) is 11.1 Å². The van der Waals surface area contributed by atoms with E-state index in [4.69, 9.17) is 5.11 Å². The van der Waals surface area contributed by atoms with Crippen LogP contribution in [0.4, 0.5) is 0 Å². The van der Waals surface area contributed by atoms with Gasteiger partial charge in [0.1, 0.15) is 0 Å². The van der Waals surface area contributed by atoms with Crippen LogP contribution in [0, 0.1) is 3.57 Å². The van der Waals surface area contributed by atoms with Gasteiger partial charge in [0, 0.05) is 13.4 Å². The maximum absolute atomic E-state index is 11.2. The second kappa shape index (κ2) is 6.27. The Morgan fingerprint density at radius 2 is 1.60 bits per heavy atom. The molecule has 2 aromatic carbocycles. The highest BCUT2D eigenvalue weighted by Crippen LogP contribution is 2.31. The molecule has 2 rings (SSSR count). The highest BCUT2D eigenvalue weighted by Gasteiger charge is 2.14. The first-order chi connectivity index (χ1) is 9.47. The van der Waals surface area contributed by atoms with Crippen molar-refractivity contribution in [3.63, 3.8) is 0 Å². The molecule has 0 aliphatic heterocycles. The molecule has 0 aliphatic rings. The van der Waals surface area contributed by atoms with Crippen molar-refractivity contribution in [2.75, 3.05) is 0 Å².